The first-order valence-electron chi connectivity index (χ1n) is 18.3. The second kappa shape index (κ2) is 13.6. The highest BCUT2D eigenvalue weighted by atomic mass is 19.1. The van der Waals surface area contributed by atoms with E-state index in [1.165, 1.54) is 48.5 Å². The summed E-state index contributed by atoms with van der Waals surface area (Å²) in [5.41, 5.74) is 7.66. The molecule has 0 fully saturated rings. The lowest BCUT2D eigenvalue weighted by Crippen LogP contribution is -2.16. The summed E-state index contributed by atoms with van der Waals surface area (Å²) in [5, 5.41) is 3.77. The van der Waals surface area contributed by atoms with Crippen molar-refractivity contribution in [2.24, 2.45) is 0 Å². The van der Waals surface area contributed by atoms with Gasteiger partial charge in [0, 0.05) is 90.8 Å². The predicted octanol–water partition coefficient (Wildman–Crippen LogP) is 11.2. The second-order valence-corrected chi connectivity index (χ2v) is 14.0. The summed E-state index contributed by atoms with van der Waals surface area (Å²) in [4.78, 5) is 41.0. The van der Waals surface area contributed by atoms with Gasteiger partial charge < -0.3 is 9.13 Å². The van der Waals surface area contributed by atoms with Crippen molar-refractivity contribution in [3.63, 3.8) is 0 Å². The zero-order valence-electron chi connectivity index (χ0n) is 30.5. The van der Waals surface area contributed by atoms with Gasteiger partial charge >= 0.3 is 0 Å². The molecule has 2 unspecified atom stereocenters. The molecule has 2 aromatic heterocycles. The molecule has 7 heteroatoms. The number of aryl methyl sites for hydroxylation is 2. The van der Waals surface area contributed by atoms with E-state index in [9.17, 15) is 23.2 Å². The van der Waals surface area contributed by atoms with E-state index in [4.69, 9.17) is 0 Å². The lowest BCUT2D eigenvalue weighted by molar-refractivity contribution is -0.121. The van der Waals surface area contributed by atoms with Crippen molar-refractivity contribution in [3.05, 3.63) is 166 Å². The SMILES string of the molecule is CCn1c2ccc(C(=O)c3ccc(F)cc3)cc2c2cc(C(C)C(=O)C(C)c3ccc4c(c3)c3cc(C(=O)c5ccc(F)cc5)ccc3n4CC)ccc21. The van der Waals surface area contributed by atoms with E-state index in [0.29, 0.717) is 22.3 Å². The van der Waals surface area contributed by atoms with Gasteiger partial charge in [0.05, 0.1) is 0 Å². The number of hydrogen-bond acceptors (Lipinski definition) is 3. The number of nitrogens with zero attached hydrogens (tertiary/aromatic N) is 2. The Balaban J connectivity index is 1.14. The summed E-state index contributed by atoms with van der Waals surface area (Å²) in [6.07, 6.45) is 0. The highest BCUT2D eigenvalue weighted by Gasteiger charge is 2.25. The van der Waals surface area contributed by atoms with E-state index in [-0.39, 0.29) is 17.3 Å². The third-order valence-corrected chi connectivity index (χ3v) is 11.0. The molecule has 0 saturated carbocycles. The molecule has 8 rings (SSSR count). The minimum absolute atomic E-state index is 0.0755. The fourth-order valence-corrected chi connectivity index (χ4v) is 7.99. The number of halogens is 2. The summed E-state index contributed by atoms with van der Waals surface area (Å²) in [6.45, 7) is 9.51. The highest BCUT2D eigenvalue weighted by Crippen LogP contribution is 2.37. The molecule has 0 amide bonds. The Labute approximate surface area is 311 Å². The topological polar surface area (TPSA) is 61.1 Å². The molecule has 0 bridgehead atoms. The molecule has 2 heterocycles. The van der Waals surface area contributed by atoms with Crippen molar-refractivity contribution >= 4 is 61.0 Å². The molecule has 54 heavy (non-hydrogen) atoms. The zero-order chi connectivity index (χ0) is 37.8. The normalized spacial score (nSPS) is 12.9. The summed E-state index contributed by atoms with van der Waals surface area (Å²) < 4.78 is 31.5. The molecule has 0 radical (unpaired) electrons. The van der Waals surface area contributed by atoms with Crippen LogP contribution in [0.3, 0.4) is 0 Å². The maximum atomic E-state index is 14.3. The third-order valence-electron chi connectivity index (χ3n) is 11.0. The molecule has 5 nitrogen and oxygen atoms in total. The largest absolute Gasteiger partial charge is 0.341 e. The molecule has 0 aliphatic heterocycles. The number of ketones is 3. The van der Waals surface area contributed by atoms with E-state index in [0.717, 1.165) is 67.8 Å². The Kier molecular flexibility index (Phi) is 8.81. The minimum atomic E-state index is -0.416. The van der Waals surface area contributed by atoms with Crippen molar-refractivity contribution in [2.75, 3.05) is 0 Å². The molecular weight excluding hydrogens is 679 g/mol. The molecule has 0 aliphatic carbocycles. The highest BCUT2D eigenvalue weighted by molar-refractivity contribution is 6.16. The Morgan fingerprint density at radius 1 is 0.463 bits per heavy atom. The van der Waals surface area contributed by atoms with Crippen LogP contribution >= 0.6 is 0 Å². The van der Waals surface area contributed by atoms with E-state index < -0.39 is 23.5 Å². The van der Waals surface area contributed by atoms with Crippen molar-refractivity contribution in [3.8, 4) is 0 Å². The smallest absolute Gasteiger partial charge is 0.193 e. The molecule has 0 N–H and O–H groups in total. The van der Waals surface area contributed by atoms with Gasteiger partial charge in [-0.2, -0.15) is 0 Å². The van der Waals surface area contributed by atoms with Crippen molar-refractivity contribution in [2.45, 2.75) is 52.6 Å². The quantitative estimate of drug-likeness (QED) is 0.132. The van der Waals surface area contributed by atoms with Gasteiger partial charge in [-0.3, -0.25) is 14.4 Å². The lowest BCUT2D eigenvalue weighted by atomic mass is 9.85. The van der Waals surface area contributed by atoms with Crippen molar-refractivity contribution in [1.82, 2.24) is 9.13 Å². The maximum absolute atomic E-state index is 14.3. The Morgan fingerprint density at radius 3 is 1.13 bits per heavy atom. The van der Waals surface area contributed by atoms with Gasteiger partial charge in [0.1, 0.15) is 17.4 Å². The second-order valence-electron chi connectivity index (χ2n) is 14.0. The van der Waals surface area contributed by atoms with Gasteiger partial charge in [0.25, 0.3) is 0 Å². The van der Waals surface area contributed by atoms with E-state index in [2.05, 4.69) is 47.2 Å². The average Bonchev–Trinajstić information content (AvgIpc) is 3.70. The van der Waals surface area contributed by atoms with Crippen LogP contribution in [-0.4, -0.2) is 26.5 Å². The molecule has 0 saturated heterocycles. The van der Waals surface area contributed by atoms with Crippen LogP contribution in [0.15, 0.2) is 121 Å². The summed E-state index contributed by atoms with van der Waals surface area (Å²) in [6, 6.07) is 34.8. The molecule has 6 aromatic carbocycles. The van der Waals surface area contributed by atoms with Gasteiger partial charge in [-0.15, -0.1) is 0 Å². The number of rotatable bonds is 10. The van der Waals surface area contributed by atoms with Gasteiger partial charge in [-0.25, -0.2) is 8.78 Å². The first-order chi connectivity index (χ1) is 26.1. The monoisotopic (exact) mass is 716 g/mol. The van der Waals surface area contributed by atoms with Gasteiger partial charge in [0.15, 0.2) is 11.6 Å². The lowest BCUT2D eigenvalue weighted by Gasteiger charge is -2.18. The van der Waals surface area contributed by atoms with Gasteiger partial charge in [-0.1, -0.05) is 26.0 Å². The number of benzene rings is 6. The van der Waals surface area contributed by atoms with Crippen LogP contribution in [-0.2, 0) is 17.9 Å². The number of hydrogen-bond donors (Lipinski definition) is 0. The van der Waals surface area contributed by atoms with E-state index >= 15 is 0 Å². The van der Waals surface area contributed by atoms with Crippen molar-refractivity contribution in [1.29, 1.82) is 0 Å². The Morgan fingerprint density at radius 2 is 0.778 bits per heavy atom. The van der Waals surface area contributed by atoms with Crippen LogP contribution in [0, 0.1) is 11.6 Å². The summed E-state index contributed by atoms with van der Waals surface area (Å²) in [5.74, 6) is -1.91. The number of Topliss-reactive ketones (excluding diaryl/α,β-unsaturated/α-hetero) is 1. The van der Waals surface area contributed by atoms with Crippen molar-refractivity contribution < 1.29 is 23.2 Å². The van der Waals surface area contributed by atoms with Crippen LogP contribution in [0.4, 0.5) is 8.78 Å². The molecule has 268 valence electrons. The predicted molar refractivity (Wildman–Crippen MR) is 212 cm³/mol. The average molecular weight is 717 g/mol. The van der Waals surface area contributed by atoms with E-state index in [1.807, 2.05) is 62.4 Å². The molecular formula is C47H38F2N2O3. The number of aromatic nitrogens is 2. The Bertz CT molecular complexity index is 2600. The number of carbonyl (C=O) groups excluding carboxylic acids is 3. The third kappa shape index (κ3) is 5.81. The standard InChI is InChI=1S/C47H38F2N2O3/c1-5-50-41-19-11-31(23-37(41)39-25-33(13-21-43(39)50)46(53)29-7-15-35(48)16-8-29)27(3)45(52)28(4)32-12-20-42-38(24-32)40-26-34(14-22-44(40)51(42)6-2)47(54)30-9-17-36(49)18-10-30/h7-28H,5-6H2,1-4H3. The van der Waals surface area contributed by atoms with E-state index in [1.54, 1.807) is 0 Å². The summed E-state index contributed by atoms with van der Waals surface area (Å²) in [7, 11) is 0. The maximum Gasteiger partial charge on any atom is 0.193 e. The fourth-order valence-electron chi connectivity index (χ4n) is 7.99. The Hall–Kier alpha value is -6.21. The molecule has 0 aliphatic rings. The van der Waals surface area contributed by atoms with Crippen LogP contribution in [0.1, 0.15) is 82.5 Å². The van der Waals surface area contributed by atoms with Gasteiger partial charge in [-0.05, 0) is 134 Å². The summed E-state index contributed by atoms with van der Waals surface area (Å²) >= 11 is 0. The van der Waals surface area contributed by atoms with Gasteiger partial charge in [0.2, 0.25) is 0 Å². The fraction of sp³-hybridized carbons (Fsp3) is 0.170. The first-order valence-corrected chi connectivity index (χ1v) is 18.3. The molecule has 0 spiro atoms. The molecule has 8 aromatic rings. The zero-order valence-corrected chi connectivity index (χ0v) is 30.5. The van der Waals surface area contributed by atoms with Crippen LogP contribution < -0.4 is 0 Å². The first kappa shape index (κ1) is 34.9. The van der Waals surface area contributed by atoms with Crippen LogP contribution in [0.2, 0.25) is 0 Å². The number of carbonyl (C=O) groups is 3. The van der Waals surface area contributed by atoms with Crippen LogP contribution in [0.5, 0.6) is 0 Å². The molecule has 2 atom stereocenters. The minimum Gasteiger partial charge on any atom is -0.341 e. The van der Waals surface area contributed by atoms with Crippen LogP contribution in [0.25, 0.3) is 43.6 Å². The number of fused-ring (bicyclic) bond motifs is 6.